The molecule has 7 heteroatoms. The van der Waals surface area contributed by atoms with Crippen LogP contribution in [0.4, 0.5) is 0 Å². The van der Waals surface area contributed by atoms with E-state index in [-0.39, 0.29) is 5.91 Å². The summed E-state index contributed by atoms with van der Waals surface area (Å²) >= 11 is 0. The number of ether oxygens (including phenoxy) is 2. The molecule has 0 radical (unpaired) electrons. The fourth-order valence-electron chi connectivity index (χ4n) is 2.91. The number of hydrogen-bond donors (Lipinski definition) is 3. The number of nitrogens with zero attached hydrogens (tertiary/aromatic N) is 1. The van der Waals surface area contributed by atoms with Crippen LogP contribution in [-0.4, -0.2) is 52.3 Å². The topological polar surface area (TPSA) is 84.0 Å². The molecule has 0 aliphatic heterocycles. The average Bonchev–Trinajstić information content (AvgIpc) is 2.78. The average molecular weight is 413 g/mol. The summed E-state index contributed by atoms with van der Waals surface area (Å²) in [5.41, 5.74) is 1.86. The van der Waals surface area contributed by atoms with Gasteiger partial charge in [-0.1, -0.05) is 24.3 Å². The van der Waals surface area contributed by atoms with Crippen LogP contribution in [0.1, 0.15) is 29.3 Å². The third kappa shape index (κ3) is 7.66. The van der Waals surface area contributed by atoms with Gasteiger partial charge >= 0.3 is 0 Å². The molecule has 0 bridgehead atoms. The lowest BCUT2D eigenvalue weighted by molar-refractivity contribution is 0.0954. The van der Waals surface area contributed by atoms with Gasteiger partial charge in [-0.25, -0.2) is 0 Å². The van der Waals surface area contributed by atoms with Gasteiger partial charge < -0.3 is 25.4 Å². The van der Waals surface area contributed by atoms with Crippen molar-refractivity contribution in [1.82, 2.24) is 16.0 Å². The van der Waals surface area contributed by atoms with Crippen LogP contribution in [0.3, 0.4) is 0 Å². The van der Waals surface area contributed by atoms with E-state index in [1.54, 1.807) is 26.3 Å². The van der Waals surface area contributed by atoms with Crippen molar-refractivity contribution in [2.75, 3.05) is 40.4 Å². The first-order chi connectivity index (χ1) is 14.7. The molecular weight excluding hydrogens is 380 g/mol. The number of aliphatic imine (C=N–C) groups is 1. The molecule has 0 saturated carbocycles. The van der Waals surface area contributed by atoms with Gasteiger partial charge in [0.2, 0.25) is 0 Å². The Bertz CT molecular complexity index is 809. The summed E-state index contributed by atoms with van der Waals surface area (Å²) in [7, 11) is 3.38. The first-order valence-corrected chi connectivity index (χ1v) is 10.3. The van der Waals surface area contributed by atoms with Crippen LogP contribution in [0.25, 0.3) is 0 Å². The number of methoxy groups -OCH3 is 1. The minimum absolute atomic E-state index is 0.0775. The number of rotatable bonds is 11. The van der Waals surface area contributed by atoms with E-state index in [0.717, 1.165) is 30.9 Å². The molecule has 0 aromatic heterocycles. The Labute approximate surface area is 178 Å². The smallest absolute Gasteiger partial charge is 0.251 e. The minimum atomic E-state index is -0.0775. The number of hydrogen-bond acceptors (Lipinski definition) is 4. The zero-order valence-corrected chi connectivity index (χ0v) is 18.0. The molecule has 3 N–H and O–H groups in total. The molecule has 0 saturated heterocycles. The fourth-order valence-corrected chi connectivity index (χ4v) is 2.91. The van der Waals surface area contributed by atoms with Crippen LogP contribution in [0, 0.1) is 0 Å². The van der Waals surface area contributed by atoms with Crippen molar-refractivity contribution < 1.29 is 14.3 Å². The number of carbonyl (C=O) groups excluding carboxylic acids is 1. The Morgan fingerprint density at radius 2 is 1.70 bits per heavy atom. The molecule has 0 heterocycles. The summed E-state index contributed by atoms with van der Waals surface area (Å²) in [5.74, 6) is 2.17. The van der Waals surface area contributed by atoms with Gasteiger partial charge in [-0.05, 0) is 49.6 Å². The molecular formula is C23H32N4O3. The number of amides is 1. The second kappa shape index (κ2) is 13.1. The van der Waals surface area contributed by atoms with Crippen molar-refractivity contribution in [2.24, 2.45) is 4.99 Å². The van der Waals surface area contributed by atoms with Crippen molar-refractivity contribution >= 4 is 11.9 Å². The quantitative estimate of drug-likeness (QED) is 0.300. The van der Waals surface area contributed by atoms with Crippen LogP contribution in [-0.2, 0) is 6.42 Å². The van der Waals surface area contributed by atoms with Crippen LogP contribution < -0.4 is 25.4 Å². The van der Waals surface area contributed by atoms with Crippen LogP contribution >= 0.6 is 0 Å². The van der Waals surface area contributed by atoms with Crippen LogP contribution in [0.5, 0.6) is 11.5 Å². The zero-order valence-electron chi connectivity index (χ0n) is 18.0. The third-order valence-corrected chi connectivity index (χ3v) is 4.43. The summed E-state index contributed by atoms with van der Waals surface area (Å²) in [5, 5.41) is 9.38. The predicted molar refractivity (Wildman–Crippen MR) is 121 cm³/mol. The first kappa shape index (κ1) is 23.1. The fraction of sp³-hybridized carbons (Fsp3) is 0.391. The van der Waals surface area contributed by atoms with Gasteiger partial charge in [-0.15, -0.1) is 0 Å². The molecule has 2 aromatic rings. The maximum atomic E-state index is 12.0. The molecule has 0 aliphatic carbocycles. The molecule has 0 aliphatic rings. The highest BCUT2D eigenvalue weighted by molar-refractivity contribution is 5.94. The Kier molecular flexibility index (Phi) is 10.1. The van der Waals surface area contributed by atoms with Gasteiger partial charge in [0.25, 0.3) is 5.91 Å². The Balaban J connectivity index is 1.66. The van der Waals surface area contributed by atoms with Crippen molar-refractivity contribution in [3.05, 3.63) is 59.7 Å². The molecule has 1 amide bonds. The lowest BCUT2D eigenvalue weighted by Crippen LogP contribution is -2.41. The zero-order chi connectivity index (χ0) is 21.6. The van der Waals surface area contributed by atoms with E-state index in [1.165, 1.54) is 5.56 Å². The van der Waals surface area contributed by atoms with Crippen molar-refractivity contribution in [2.45, 2.75) is 19.8 Å². The monoisotopic (exact) mass is 412 g/mol. The van der Waals surface area contributed by atoms with Crippen LogP contribution in [0.15, 0.2) is 53.5 Å². The van der Waals surface area contributed by atoms with E-state index in [1.807, 2.05) is 37.3 Å². The highest BCUT2D eigenvalue weighted by atomic mass is 16.5. The summed E-state index contributed by atoms with van der Waals surface area (Å²) in [4.78, 5) is 16.2. The van der Waals surface area contributed by atoms with Crippen molar-refractivity contribution in [1.29, 1.82) is 0 Å². The second-order valence-electron chi connectivity index (χ2n) is 6.57. The molecule has 2 rings (SSSR count). The van der Waals surface area contributed by atoms with Gasteiger partial charge in [0.15, 0.2) is 17.5 Å². The van der Waals surface area contributed by atoms with Gasteiger partial charge in [0.05, 0.1) is 13.7 Å². The number of benzene rings is 2. The number of carbonyl (C=O) groups is 1. The van der Waals surface area contributed by atoms with Crippen molar-refractivity contribution in [3.8, 4) is 11.5 Å². The number of aryl methyl sites for hydroxylation is 1. The van der Waals surface area contributed by atoms with E-state index in [9.17, 15) is 4.79 Å². The standard InChI is InChI=1S/C23H32N4O3/c1-4-30-21-17-18(12-13-20(21)29-3)9-8-14-26-23(24-2)27-16-15-25-22(28)19-10-6-5-7-11-19/h5-7,10-13,17H,4,8-9,14-16H2,1-3H3,(H,25,28)(H2,24,26,27). The summed E-state index contributed by atoms with van der Waals surface area (Å²) in [6, 6.07) is 15.2. The maximum absolute atomic E-state index is 12.0. The van der Waals surface area contributed by atoms with Crippen molar-refractivity contribution in [3.63, 3.8) is 0 Å². The Morgan fingerprint density at radius 1 is 0.967 bits per heavy atom. The molecule has 162 valence electrons. The maximum Gasteiger partial charge on any atom is 0.251 e. The highest BCUT2D eigenvalue weighted by Crippen LogP contribution is 2.28. The number of guanidine groups is 1. The first-order valence-electron chi connectivity index (χ1n) is 10.3. The number of nitrogens with one attached hydrogen (secondary N) is 3. The van der Waals surface area contributed by atoms with E-state index in [0.29, 0.717) is 31.2 Å². The lowest BCUT2D eigenvalue weighted by Gasteiger charge is -2.13. The molecule has 7 nitrogen and oxygen atoms in total. The summed E-state index contributed by atoms with van der Waals surface area (Å²) in [6.07, 6.45) is 1.87. The molecule has 2 aromatic carbocycles. The lowest BCUT2D eigenvalue weighted by atomic mass is 10.1. The summed E-state index contributed by atoms with van der Waals surface area (Å²) < 4.78 is 11.0. The Morgan fingerprint density at radius 3 is 2.40 bits per heavy atom. The third-order valence-electron chi connectivity index (χ3n) is 4.43. The van der Waals surface area contributed by atoms with E-state index in [4.69, 9.17) is 9.47 Å². The molecule has 0 atom stereocenters. The van der Waals surface area contributed by atoms with Gasteiger partial charge in [-0.2, -0.15) is 0 Å². The van der Waals surface area contributed by atoms with Gasteiger partial charge in [0.1, 0.15) is 0 Å². The molecule has 0 spiro atoms. The predicted octanol–water partition coefficient (Wildman–Crippen LogP) is 2.62. The Hall–Kier alpha value is -3.22. The second-order valence-corrected chi connectivity index (χ2v) is 6.57. The van der Waals surface area contributed by atoms with Crippen LogP contribution in [0.2, 0.25) is 0 Å². The largest absolute Gasteiger partial charge is 0.493 e. The SMILES string of the molecule is CCOc1cc(CCCNC(=NC)NCCNC(=O)c2ccccc2)ccc1OC. The highest BCUT2D eigenvalue weighted by Gasteiger charge is 2.06. The van der Waals surface area contributed by atoms with E-state index in [2.05, 4.69) is 27.0 Å². The molecule has 30 heavy (non-hydrogen) atoms. The minimum Gasteiger partial charge on any atom is -0.493 e. The summed E-state index contributed by atoms with van der Waals surface area (Å²) in [6.45, 7) is 4.46. The van der Waals surface area contributed by atoms with Gasteiger partial charge in [0, 0.05) is 32.2 Å². The molecule has 0 unspecified atom stereocenters. The van der Waals surface area contributed by atoms with E-state index >= 15 is 0 Å². The van der Waals surface area contributed by atoms with Gasteiger partial charge in [-0.3, -0.25) is 9.79 Å². The normalized spacial score (nSPS) is 11.0. The molecule has 0 fully saturated rings. The van der Waals surface area contributed by atoms with E-state index < -0.39 is 0 Å².